The third-order valence-electron chi connectivity index (χ3n) is 4.24. The van der Waals surface area contributed by atoms with Gasteiger partial charge in [0.15, 0.2) is 0 Å². The van der Waals surface area contributed by atoms with Crippen molar-refractivity contribution in [3.63, 3.8) is 0 Å². The summed E-state index contributed by atoms with van der Waals surface area (Å²) in [4.78, 5) is 13.8. The molecular formula is C16H18N2O. The summed E-state index contributed by atoms with van der Waals surface area (Å²) in [6.45, 7) is 4.98. The second-order valence-corrected chi connectivity index (χ2v) is 5.83. The molecule has 1 amide bonds. The van der Waals surface area contributed by atoms with Gasteiger partial charge in [-0.05, 0) is 35.4 Å². The summed E-state index contributed by atoms with van der Waals surface area (Å²) in [6.07, 6.45) is 2.36. The zero-order chi connectivity index (χ0) is 13.6. The molecule has 1 unspecified atom stereocenters. The quantitative estimate of drug-likeness (QED) is 0.814. The molecule has 0 aromatic heterocycles. The lowest BCUT2D eigenvalue weighted by Crippen LogP contribution is -2.32. The number of hydrogen-bond acceptors (Lipinski definition) is 2. The molecule has 0 N–H and O–H groups in total. The Balaban J connectivity index is 2.09. The van der Waals surface area contributed by atoms with Crippen molar-refractivity contribution in [3.05, 3.63) is 28.8 Å². The van der Waals surface area contributed by atoms with Crippen LogP contribution in [0.3, 0.4) is 0 Å². The molecule has 3 nitrogen and oxygen atoms in total. The predicted molar refractivity (Wildman–Crippen MR) is 74.0 cm³/mol. The normalized spacial score (nSPS) is 18.4. The minimum atomic E-state index is -0.0479. The molecule has 0 spiro atoms. The zero-order valence-corrected chi connectivity index (χ0v) is 11.4. The topological polar surface area (TPSA) is 44.1 Å². The molecule has 0 bridgehead atoms. The Kier molecular flexibility index (Phi) is 2.82. The van der Waals surface area contributed by atoms with Crippen LogP contribution in [-0.2, 0) is 17.6 Å². The smallest absolute Gasteiger partial charge is 0.227 e. The molecule has 0 fully saturated rings. The lowest BCUT2D eigenvalue weighted by molar-refractivity contribution is -0.118. The van der Waals surface area contributed by atoms with Gasteiger partial charge in [-0.2, -0.15) is 5.26 Å². The SMILES string of the molecule is CC(C)C(C#N)c1cc2c3c(c1)CCN3C(=O)CC2. The standard InChI is InChI=1S/C16H18N2O/c1-10(2)14(9-17)13-7-11-3-4-15(19)18-6-5-12(8-13)16(11)18/h7-8,10,14H,3-6H2,1-2H3. The van der Waals surface area contributed by atoms with Crippen LogP contribution in [0.1, 0.15) is 42.9 Å². The van der Waals surface area contributed by atoms with E-state index in [9.17, 15) is 10.1 Å². The van der Waals surface area contributed by atoms with E-state index in [-0.39, 0.29) is 11.8 Å². The fourth-order valence-corrected chi connectivity index (χ4v) is 3.27. The van der Waals surface area contributed by atoms with Crippen molar-refractivity contribution in [2.24, 2.45) is 5.92 Å². The first-order valence-electron chi connectivity index (χ1n) is 6.97. The third kappa shape index (κ3) is 1.83. The molecule has 98 valence electrons. The second kappa shape index (κ2) is 4.38. The van der Waals surface area contributed by atoms with Gasteiger partial charge in [0, 0.05) is 13.0 Å². The molecule has 1 aromatic rings. The molecule has 19 heavy (non-hydrogen) atoms. The summed E-state index contributed by atoms with van der Waals surface area (Å²) in [5, 5.41) is 9.36. The highest BCUT2D eigenvalue weighted by molar-refractivity contribution is 5.98. The fourth-order valence-electron chi connectivity index (χ4n) is 3.27. The van der Waals surface area contributed by atoms with Gasteiger partial charge in [0.05, 0.1) is 17.7 Å². The van der Waals surface area contributed by atoms with Gasteiger partial charge in [-0.1, -0.05) is 26.0 Å². The van der Waals surface area contributed by atoms with E-state index >= 15 is 0 Å². The van der Waals surface area contributed by atoms with E-state index in [4.69, 9.17) is 0 Å². The summed E-state index contributed by atoms with van der Waals surface area (Å²) < 4.78 is 0. The molecule has 3 rings (SSSR count). The van der Waals surface area contributed by atoms with Crippen molar-refractivity contribution in [3.8, 4) is 6.07 Å². The number of anilines is 1. The average molecular weight is 254 g/mol. The van der Waals surface area contributed by atoms with Crippen LogP contribution in [-0.4, -0.2) is 12.5 Å². The molecule has 2 heterocycles. The van der Waals surface area contributed by atoms with Gasteiger partial charge in [0.2, 0.25) is 5.91 Å². The Morgan fingerprint density at radius 3 is 2.53 bits per heavy atom. The first-order chi connectivity index (χ1) is 9.11. The lowest BCUT2D eigenvalue weighted by atomic mass is 9.86. The van der Waals surface area contributed by atoms with E-state index in [0.717, 1.165) is 30.6 Å². The highest BCUT2D eigenvalue weighted by Crippen LogP contribution is 2.39. The van der Waals surface area contributed by atoms with Crippen LogP contribution in [0.2, 0.25) is 0 Å². The maximum atomic E-state index is 11.9. The molecule has 3 heteroatoms. The summed E-state index contributed by atoms with van der Waals surface area (Å²) in [7, 11) is 0. The van der Waals surface area contributed by atoms with Crippen molar-refractivity contribution in [1.29, 1.82) is 5.26 Å². The van der Waals surface area contributed by atoms with Gasteiger partial charge < -0.3 is 4.90 Å². The minimum Gasteiger partial charge on any atom is -0.312 e. The van der Waals surface area contributed by atoms with Crippen LogP contribution in [0.5, 0.6) is 0 Å². The van der Waals surface area contributed by atoms with E-state index in [0.29, 0.717) is 12.3 Å². The van der Waals surface area contributed by atoms with Crippen molar-refractivity contribution in [2.45, 2.75) is 39.0 Å². The Morgan fingerprint density at radius 1 is 1.21 bits per heavy atom. The number of carbonyl (C=O) groups is 1. The minimum absolute atomic E-state index is 0.0479. The maximum absolute atomic E-state index is 11.9. The van der Waals surface area contributed by atoms with Crippen molar-refractivity contribution in [2.75, 3.05) is 11.4 Å². The van der Waals surface area contributed by atoms with E-state index in [1.807, 2.05) is 4.90 Å². The number of aryl methyl sites for hydroxylation is 1. The van der Waals surface area contributed by atoms with Gasteiger partial charge in [-0.15, -0.1) is 0 Å². The van der Waals surface area contributed by atoms with Crippen LogP contribution >= 0.6 is 0 Å². The van der Waals surface area contributed by atoms with Gasteiger partial charge in [-0.3, -0.25) is 4.79 Å². The molecule has 2 aliphatic rings. The first kappa shape index (κ1) is 12.2. The Morgan fingerprint density at radius 2 is 1.89 bits per heavy atom. The van der Waals surface area contributed by atoms with Gasteiger partial charge in [-0.25, -0.2) is 0 Å². The van der Waals surface area contributed by atoms with Crippen LogP contribution in [0.25, 0.3) is 0 Å². The third-order valence-corrected chi connectivity index (χ3v) is 4.24. The van der Waals surface area contributed by atoms with Gasteiger partial charge in [0.1, 0.15) is 0 Å². The molecule has 1 atom stereocenters. The first-order valence-corrected chi connectivity index (χ1v) is 6.97. The summed E-state index contributed by atoms with van der Waals surface area (Å²) in [6, 6.07) is 6.71. The largest absolute Gasteiger partial charge is 0.312 e. The molecule has 0 saturated heterocycles. The van der Waals surface area contributed by atoms with E-state index in [2.05, 4.69) is 32.0 Å². The highest BCUT2D eigenvalue weighted by atomic mass is 16.2. The Bertz CT molecular complexity index is 583. The molecule has 0 radical (unpaired) electrons. The van der Waals surface area contributed by atoms with Crippen LogP contribution in [0.4, 0.5) is 5.69 Å². The predicted octanol–water partition coefficient (Wildman–Crippen LogP) is 2.79. The van der Waals surface area contributed by atoms with Crippen molar-refractivity contribution < 1.29 is 4.79 Å². The summed E-state index contributed by atoms with van der Waals surface area (Å²) in [5.41, 5.74) is 4.77. The monoisotopic (exact) mass is 254 g/mol. The van der Waals surface area contributed by atoms with Gasteiger partial charge >= 0.3 is 0 Å². The van der Waals surface area contributed by atoms with E-state index in [1.165, 1.54) is 11.1 Å². The maximum Gasteiger partial charge on any atom is 0.227 e. The Labute approximate surface area is 113 Å². The van der Waals surface area contributed by atoms with Crippen LogP contribution in [0.15, 0.2) is 12.1 Å². The van der Waals surface area contributed by atoms with Crippen LogP contribution < -0.4 is 4.90 Å². The van der Waals surface area contributed by atoms with Gasteiger partial charge in [0.25, 0.3) is 0 Å². The number of nitriles is 1. The molecular weight excluding hydrogens is 236 g/mol. The van der Waals surface area contributed by atoms with Crippen molar-refractivity contribution in [1.82, 2.24) is 0 Å². The molecule has 0 aliphatic carbocycles. The number of rotatable bonds is 2. The summed E-state index contributed by atoms with van der Waals surface area (Å²) >= 11 is 0. The molecule has 1 aromatic carbocycles. The number of hydrogen-bond donors (Lipinski definition) is 0. The molecule has 2 aliphatic heterocycles. The van der Waals surface area contributed by atoms with E-state index in [1.54, 1.807) is 0 Å². The number of amides is 1. The fraction of sp³-hybridized carbons (Fsp3) is 0.500. The van der Waals surface area contributed by atoms with E-state index < -0.39 is 0 Å². The van der Waals surface area contributed by atoms with Crippen LogP contribution in [0, 0.1) is 17.2 Å². The average Bonchev–Trinajstić information content (AvgIpc) is 2.79. The Hall–Kier alpha value is -1.82. The number of nitrogens with zero attached hydrogens (tertiary/aromatic N) is 2. The zero-order valence-electron chi connectivity index (χ0n) is 11.4. The highest BCUT2D eigenvalue weighted by Gasteiger charge is 2.32. The van der Waals surface area contributed by atoms with Crippen molar-refractivity contribution >= 4 is 11.6 Å². The number of benzene rings is 1. The summed E-state index contributed by atoms with van der Waals surface area (Å²) in [5.74, 6) is 0.519. The lowest BCUT2D eigenvalue weighted by Gasteiger charge is -2.26. The second-order valence-electron chi connectivity index (χ2n) is 5.83. The molecule has 0 saturated carbocycles. The number of carbonyl (C=O) groups excluding carboxylic acids is 1.